The number of hydrogen-bond donors (Lipinski definition) is 0. The van der Waals surface area contributed by atoms with Gasteiger partial charge in [-0.25, -0.2) is 4.99 Å². The van der Waals surface area contributed by atoms with Gasteiger partial charge in [0.05, 0.1) is 6.54 Å². The number of hydrogen-bond acceptors (Lipinski definition) is 2. The molecule has 0 saturated carbocycles. The van der Waals surface area contributed by atoms with Crippen molar-refractivity contribution in [2.75, 3.05) is 6.54 Å². The first-order valence-electron chi connectivity index (χ1n) is 4.66. The predicted octanol–water partition coefficient (Wildman–Crippen LogP) is 2.24. The molecule has 0 radical (unpaired) electrons. The Hall–Kier alpha value is -1.31. The van der Waals surface area contributed by atoms with Gasteiger partial charge in [0.15, 0.2) is 0 Å². The molecule has 1 aliphatic rings. The minimum absolute atomic E-state index is 0.287. The minimum Gasteiger partial charge on any atom is -0.472 e. The third kappa shape index (κ3) is 1.72. The maximum Gasteiger partial charge on any atom is 0.216 e. The van der Waals surface area contributed by atoms with Crippen LogP contribution in [0.25, 0.3) is 0 Å². The van der Waals surface area contributed by atoms with Crippen molar-refractivity contribution >= 4 is 5.90 Å². The molecular weight excluding hydrogens is 162 g/mol. The second-order valence-corrected chi connectivity index (χ2v) is 3.16. The number of rotatable bonds is 2. The lowest BCUT2D eigenvalue weighted by Gasteiger charge is -2.07. The van der Waals surface area contributed by atoms with Crippen LogP contribution in [0.5, 0.6) is 0 Å². The van der Waals surface area contributed by atoms with E-state index in [0.29, 0.717) is 0 Å². The van der Waals surface area contributed by atoms with Crippen molar-refractivity contribution in [3.8, 4) is 0 Å². The monoisotopic (exact) mass is 175 g/mol. The van der Waals surface area contributed by atoms with Gasteiger partial charge in [0.2, 0.25) is 5.90 Å². The highest BCUT2D eigenvalue weighted by atomic mass is 16.5. The zero-order chi connectivity index (χ0) is 9.10. The van der Waals surface area contributed by atoms with Crippen LogP contribution in [0.1, 0.15) is 18.9 Å². The van der Waals surface area contributed by atoms with E-state index in [1.165, 1.54) is 0 Å². The molecule has 13 heavy (non-hydrogen) atoms. The third-order valence-electron chi connectivity index (χ3n) is 2.19. The molecule has 0 N–H and O–H groups in total. The Labute approximate surface area is 78.3 Å². The quantitative estimate of drug-likeness (QED) is 0.675. The molecule has 1 aromatic rings. The summed E-state index contributed by atoms with van der Waals surface area (Å²) in [6.45, 7) is 2.93. The zero-order valence-corrected chi connectivity index (χ0v) is 7.73. The van der Waals surface area contributed by atoms with E-state index < -0.39 is 0 Å². The molecule has 0 aliphatic carbocycles. The topological polar surface area (TPSA) is 21.6 Å². The van der Waals surface area contributed by atoms with Crippen LogP contribution in [0.2, 0.25) is 0 Å². The van der Waals surface area contributed by atoms with Crippen molar-refractivity contribution in [3.05, 3.63) is 35.9 Å². The average molecular weight is 175 g/mol. The first-order chi connectivity index (χ1) is 6.40. The summed E-state index contributed by atoms with van der Waals surface area (Å²) in [6, 6.07) is 10.0. The molecule has 2 nitrogen and oxygen atoms in total. The molecule has 2 rings (SSSR count). The molecule has 1 heterocycles. The smallest absolute Gasteiger partial charge is 0.216 e. The highest BCUT2D eigenvalue weighted by molar-refractivity contribution is 5.95. The summed E-state index contributed by atoms with van der Waals surface area (Å²) in [6.07, 6.45) is 1.31. The fraction of sp³-hybridized carbons (Fsp3) is 0.364. The Morgan fingerprint density at radius 2 is 2.15 bits per heavy atom. The Morgan fingerprint density at radius 1 is 1.38 bits per heavy atom. The van der Waals surface area contributed by atoms with Gasteiger partial charge in [-0.15, -0.1) is 0 Å². The van der Waals surface area contributed by atoms with Gasteiger partial charge >= 0.3 is 0 Å². The molecule has 0 bridgehead atoms. The summed E-state index contributed by atoms with van der Waals surface area (Å²) >= 11 is 0. The standard InChI is InChI=1S/C11H13NO/c1-2-10-8-12-11(13-10)9-6-4-3-5-7-9/h3-7,10H,2,8H2,1H3. The van der Waals surface area contributed by atoms with E-state index in [-0.39, 0.29) is 6.10 Å². The van der Waals surface area contributed by atoms with Crippen LogP contribution in [-0.4, -0.2) is 18.5 Å². The minimum atomic E-state index is 0.287. The SMILES string of the molecule is CCC1CN=C(c2ccccc2)O1. The van der Waals surface area contributed by atoms with Gasteiger partial charge in [0, 0.05) is 5.56 Å². The largest absolute Gasteiger partial charge is 0.472 e. The molecule has 0 aromatic heterocycles. The van der Waals surface area contributed by atoms with Gasteiger partial charge in [0.25, 0.3) is 0 Å². The van der Waals surface area contributed by atoms with Crippen LogP contribution in [0.3, 0.4) is 0 Å². The first-order valence-corrected chi connectivity index (χ1v) is 4.66. The summed E-state index contributed by atoms with van der Waals surface area (Å²) in [4.78, 5) is 4.35. The van der Waals surface area contributed by atoms with Crippen molar-refractivity contribution < 1.29 is 4.74 Å². The number of aliphatic imine (C=N–C) groups is 1. The van der Waals surface area contributed by atoms with Crippen LogP contribution >= 0.6 is 0 Å². The van der Waals surface area contributed by atoms with Gasteiger partial charge in [0.1, 0.15) is 6.10 Å². The van der Waals surface area contributed by atoms with E-state index in [1.807, 2.05) is 30.3 Å². The van der Waals surface area contributed by atoms with Crippen molar-refractivity contribution in [1.82, 2.24) is 0 Å². The van der Waals surface area contributed by atoms with Gasteiger partial charge in [-0.3, -0.25) is 0 Å². The van der Waals surface area contributed by atoms with Crippen LogP contribution in [-0.2, 0) is 4.74 Å². The van der Waals surface area contributed by atoms with E-state index in [2.05, 4.69) is 11.9 Å². The fourth-order valence-corrected chi connectivity index (χ4v) is 1.37. The van der Waals surface area contributed by atoms with Crippen LogP contribution < -0.4 is 0 Å². The van der Waals surface area contributed by atoms with E-state index in [0.717, 1.165) is 24.4 Å². The lowest BCUT2D eigenvalue weighted by Crippen LogP contribution is -2.11. The average Bonchev–Trinajstić information content (AvgIpc) is 2.67. The molecule has 0 spiro atoms. The molecule has 1 atom stereocenters. The number of benzene rings is 1. The maximum absolute atomic E-state index is 5.65. The first kappa shape index (κ1) is 8.30. The van der Waals surface area contributed by atoms with Crippen molar-refractivity contribution in [3.63, 3.8) is 0 Å². The summed E-state index contributed by atoms with van der Waals surface area (Å²) in [5, 5.41) is 0. The Bertz CT molecular complexity index is 305. The molecule has 1 aliphatic heterocycles. The normalized spacial score (nSPS) is 21.0. The lowest BCUT2D eigenvalue weighted by atomic mass is 10.2. The van der Waals surface area contributed by atoms with Gasteiger partial charge in [-0.2, -0.15) is 0 Å². The van der Waals surface area contributed by atoms with Crippen molar-refractivity contribution in [2.24, 2.45) is 4.99 Å². The third-order valence-corrected chi connectivity index (χ3v) is 2.19. The molecule has 2 heteroatoms. The molecule has 0 fully saturated rings. The zero-order valence-electron chi connectivity index (χ0n) is 7.73. The number of ether oxygens (including phenoxy) is 1. The van der Waals surface area contributed by atoms with E-state index in [9.17, 15) is 0 Å². The fourth-order valence-electron chi connectivity index (χ4n) is 1.37. The predicted molar refractivity (Wildman–Crippen MR) is 53.0 cm³/mol. The second kappa shape index (κ2) is 3.60. The van der Waals surface area contributed by atoms with Crippen molar-refractivity contribution in [1.29, 1.82) is 0 Å². The Balaban J connectivity index is 2.12. The summed E-state index contributed by atoms with van der Waals surface area (Å²) in [7, 11) is 0. The number of nitrogens with zero attached hydrogens (tertiary/aromatic N) is 1. The summed E-state index contributed by atoms with van der Waals surface area (Å²) in [5.74, 6) is 0.799. The maximum atomic E-state index is 5.65. The summed E-state index contributed by atoms with van der Waals surface area (Å²) < 4.78 is 5.65. The van der Waals surface area contributed by atoms with Crippen molar-refractivity contribution in [2.45, 2.75) is 19.4 Å². The molecule has 1 unspecified atom stereocenters. The molecule has 1 aromatic carbocycles. The Kier molecular flexibility index (Phi) is 2.30. The second-order valence-electron chi connectivity index (χ2n) is 3.16. The molecular formula is C11H13NO. The van der Waals surface area contributed by atoms with Crippen LogP contribution in [0, 0.1) is 0 Å². The highest BCUT2D eigenvalue weighted by Gasteiger charge is 2.18. The lowest BCUT2D eigenvalue weighted by molar-refractivity contribution is 0.220. The van der Waals surface area contributed by atoms with Gasteiger partial charge in [-0.05, 0) is 18.6 Å². The van der Waals surface area contributed by atoms with Gasteiger partial charge in [-0.1, -0.05) is 25.1 Å². The molecule has 68 valence electrons. The summed E-state index contributed by atoms with van der Waals surface area (Å²) in [5.41, 5.74) is 1.08. The molecule has 0 amide bonds. The van der Waals surface area contributed by atoms with Gasteiger partial charge < -0.3 is 4.74 Å². The Morgan fingerprint density at radius 3 is 2.77 bits per heavy atom. The van der Waals surface area contributed by atoms with Crippen LogP contribution in [0.4, 0.5) is 0 Å². The van der Waals surface area contributed by atoms with E-state index >= 15 is 0 Å². The van der Waals surface area contributed by atoms with E-state index in [4.69, 9.17) is 4.74 Å². The highest BCUT2D eigenvalue weighted by Crippen LogP contribution is 2.13. The van der Waals surface area contributed by atoms with Crippen LogP contribution in [0.15, 0.2) is 35.3 Å². The van der Waals surface area contributed by atoms with E-state index in [1.54, 1.807) is 0 Å². The molecule has 0 saturated heterocycles.